The van der Waals surface area contributed by atoms with Gasteiger partial charge in [0, 0.05) is 24.5 Å². The van der Waals surface area contributed by atoms with Crippen LogP contribution in [0.5, 0.6) is 0 Å². The molecule has 1 unspecified atom stereocenters. The van der Waals surface area contributed by atoms with E-state index in [-0.39, 0.29) is 0 Å². The van der Waals surface area contributed by atoms with Gasteiger partial charge < -0.3 is 10.3 Å². The van der Waals surface area contributed by atoms with E-state index in [1.165, 1.54) is 5.56 Å². The number of hydrogen-bond donors (Lipinski definition) is 2. The lowest BCUT2D eigenvalue weighted by Crippen LogP contribution is -2.33. The summed E-state index contributed by atoms with van der Waals surface area (Å²) in [5.41, 5.74) is 1.37. The van der Waals surface area contributed by atoms with Gasteiger partial charge in [-0.1, -0.05) is 13.8 Å². The molecule has 0 aliphatic rings. The van der Waals surface area contributed by atoms with Crippen LogP contribution < -0.4 is 5.32 Å². The lowest BCUT2D eigenvalue weighted by Gasteiger charge is -2.15. The van der Waals surface area contributed by atoms with Gasteiger partial charge in [-0.3, -0.25) is 0 Å². The molecule has 1 aromatic rings. The molecule has 0 fully saturated rings. The van der Waals surface area contributed by atoms with Gasteiger partial charge in [-0.15, -0.1) is 0 Å². The molecule has 1 atom stereocenters. The molecule has 2 heteroatoms. The molecular weight excluding hydrogens is 148 g/mol. The maximum Gasteiger partial charge on any atom is 0.00820 e. The van der Waals surface area contributed by atoms with Crippen LogP contribution in [-0.4, -0.2) is 17.1 Å². The van der Waals surface area contributed by atoms with E-state index in [4.69, 9.17) is 0 Å². The summed E-state index contributed by atoms with van der Waals surface area (Å²) in [7, 11) is 0. The second-order valence-electron chi connectivity index (χ2n) is 3.65. The van der Waals surface area contributed by atoms with Crippen molar-refractivity contribution in [3.8, 4) is 0 Å². The number of nitrogens with one attached hydrogen (secondary N) is 2. The van der Waals surface area contributed by atoms with Crippen LogP contribution in [0.1, 0.15) is 26.3 Å². The van der Waals surface area contributed by atoms with Gasteiger partial charge in [0.2, 0.25) is 0 Å². The molecule has 0 aromatic carbocycles. The average molecular weight is 166 g/mol. The summed E-state index contributed by atoms with van der Waals surface area (Å²) in [4.78, 5) is 3.06. The molecule has 1 heterocycles. The summed E-state index contributed by atoms with van der Waals surface area (Å²) in [5.74, 6) is 0. The van der Waals surface area contributed by atoms with Crippen molar-refractivity contribution in [3.05, 3.63) is 24.0 Å². The molecule has 0 radical (unpaired) electrons. The maximum absolute atomic E-state index is 3.47. The summed E-state index contributed by atoms with van der Waals surface area (Å²) in [6.45, 7) is 6.56. The van der Waals surface area contributed by atoms with Gasteiger partial charge >= 0.3 is 0 Å². The first-order chi connectivity index (χ1) is 5.68. The van der Waals surface area contributed by atoms with Gasteiger partial charge in [-0.05, 0) is 25.0 Å². The Kier molecular flexibility index (Phi) is 3.35. The van der Waals surface area contributed by atoms with E-state index in [2.05, 4.69) is 43.3 Å². The summed E-state index contributed by atoms with van der Waals surface area (Å²) in [5, 5.41) is 3.47. The van der Waals surface area contributed by atoms with Gasteiger partial charge in [0.25, 0.3) is 0 Å². The molecule has 1 rings (SSSR count). The largest absolute Gasteiger partial charge is 0.367 e. The van der Waals surface area contributed by atoms with E-state index in [1.54, 1.807) is 0 Å². The Balaban J connectivity index is 2.32. The monoisotopic (exact) mass is 166 g/mol. The van der Waals surface area contributed by atoms with E-state index in [1.807, 2.05) is 6.20 Å². The molecule has 2 nitrogen and oxygen atoms in total. The van der Waals surface area contributed by atoms with Crippen molar-refractivity contribution < 1.29 is 0 Å². The second-order valence-corrected chi connectivity index (χ2v) is 3.65. The summed E-state index contributed by atoms with van der Waals surface area (Å²) >= 11 is 0. The molecule has 0 aliphatic heterocycles. The van der Waals surface area contributed by atoms with Crippen molar-refractivity contribution in [2.24, 2.45) is 0 Å². The van der Waals surface area contributed by atoms with E-state index in [0.717, 1.165) is 6.42 Å². The summed E-state index contributed by atoms with van der Waals surface area (Å²) in [6, 6.07) is 3.25. The molecule has 1 aromatic heterocycles. The first kappa shape index (κ1) is 9.33. The van der Waals surface area contributed by atoms with E-state index in [9.17, 15) is 0 Å². The normalized spacial score (nSPS) is 13.7. The van der Waals surface area contributed by atoms with Crippen molar-refractivity contribution in [1.82, 2.24) is 10.3 Å². The quantitative estimate of drug-likeness (QED) is 0.703. The first-order valence-corrected chi connectivity index (χ1v) is 4.56. The van der Waals surface area contributed by atoms with Crippen molar-refractivity contribution >= 4 is 0 Å². The molecule has 0 saturated carbocycles. The highest BCUT2D eigenvalue weighted by Gasteiger charge is 2.04. The highest BCUT2D eigenvalue weighted by Crippen LogP contribution is 2.01. The van der Waals surface area contributed by atoms with Gasteiger partial charge in [0.15, 0.2) is 0 Å². The van der Waals surface area contributed by atoms with Gasteiger partial charge in [0.05, 0.1) is 0 Å². The fourth-order valence-corrected chi connectivity index (χ4v) is 1.47. The van der Waals surface area contributed by atoms with Gasteiger partial charge in [0.1, 0.15) is 0 Å². The van der Waals surface area contributed by atoms with Gasteiger partial charge in [-0.2, -0.15) is 0 Å². The zero-order chi connectivity index (χ0) is 8.97. The molecule has 0 spiro atoms. The Morgan fingerprint density at radius 3 is 2.67 bits per heavy atom. The van der Waals surface area contributed by atoms with Crippen LogP contribution in [0.15, 0.2) is 18.5 Å². The highest BCUT2D eigenvalue weighted by molar-refractivity contribution is 5.09. The van der Waals surface area contributed by atoms with Crippen LogP contribution in [0.3, 0.4) is 0 Å². The molecule has 0 bridgehead atoms. The van der Waals surface area contributed by atoms with Crippen molar-refractivity contribution in [1.29, 1.82) is 0 Å². The third kappa shape index (κ3) is 3.09. The van der Waals surface area contributed by atoms with Crippen LogP contribution in [0.25, 0.3) is 0 Å². The minimum Gasteiger partial charge on any atom is -0.367 e. The Morgan fingerprint density at radius 2 is 2.17 bits per heavy atom. The predicted octanol–water partition coefficient (Wildman–Crippen LogP) is 1.94. The van der Waals surface area contributed by atoms with Gasteiger partial charge in [-0.25, -0.2) is 0 Å². The molecule has 2 N–H and O–H groups in total. The number of aromatic amines is 1. The zero-order valence-corrected chi connectivity index (χ0v) is 8.09. The Labute approximate surface area is 74.4 Å². The topological polar surface area (TPSA) is 27.8 Å². The first-order valence-electron chi connectivity index (χ1n) is 4.56. The fourth-order valence-electron chi connectivity index (χ4n) is 1.47. The third-order valence-corrected chi connectivity index (χ3v) is 1.82. The Bertz CT molecular complexity index is 202. The summed E-state index contributed by atoms with van der Waals surface area (Å²) in [6.07, 6.45) is 5.12. The lowest BCUT2D eigenvalue weighted by atomic mass is 10.1. The predicted molar refractivity (Wildman–Crippen MR) is 52.2 cm³/mol. The number of aromatic nitrogens is 1. The average Bonchev–Trinajstić information content (AvgIpc) is 2.37. The number of hydrogen-bond acceptors (Lipinski definition) is 1. The molecular formula is C10H18N2. The van der Waals surface area contributed by atoms with E-state index >= 15 is 0 Å². The molecule has 0 aliphatic carbocycles. The van der Waals surface area contributed by atoms with Crippen LogP contribution in [0, 0.1) is 0 Å². The van der Waals surface area contributed by atoms with Crippen LogP contribution in [0.4, 0.5) is 0 Å². The molecule has 0 saturated heterocycles. The van der Waals surface area contributed by atoms with Crippen LogP contribution >= 0.6 is 0 Å². The minimum absolute atomic E-state index is 0.556. The highest BCUT2D eigenvalue weighted by atomic mass is 14.9. The number of H-pyrrole nitrogens is 1. The maximum atomic E-state index is 3.47. The van der Waals surface area contributed by atoms with E-state index < -0.39 is 0 Å². The second kappa shape index (κ2) is 4.31. The lowest BCUT2D eigenvalue weighted by molar-refractivity contribution is 0.488. The SMILES string of the molecule is CC(C)NC(C)Cc1cc[nH]c1. The van der Waals surface area contributed by atoms with Crippen LogP contribution in [-0.2, 0) is 6.42 Å². The molecule has 0 amide bonds. The van der Waals surface area contributed by atoms with Crippen molar-refractivity contribution in [2.45, 2.75) is 39.3 Å². The third-order valence-electron chi connectivity index (χ3n) is 1.82. The molecule has 12 heavy (non-hydrogen) atoms. The Morgan fingerprint density at radius 1 is 1.42 bits per heavy atom. The van der Waals surface area contributed by atoms with E-state index in [0.29, 0.717) is 12.1 Å². The van der Waals surface area contributed by atoms with Crippen molar-refractivity contribution in [3.63, 3.8) is 0 Å². The fraction of sp³-hybridized carbons (Fsp3) is 0.600. The minimum atomic E-state index is 0.556. The van der Waals surface area contributed by atoms with Crippen LogP contribution in [0.2, 0.25) is 0 Å². The zero-order valence-electron chi connectivity index (χ0n) is 8.09. The molecule has 68 valence electrons. The summed E-state index contributed by atoms with van der Waals surface area (Å²) < 4.78 is 0. The number of rotatable bonds is 4. The Hall–Kier alpha value is -0.760. The van der Waals surface area contributed by atoms with Crippen molar-refractivity contribution in [2.75, 3.05) is 0 Å². The smallest absolute Gasteiger partial charge is 0.00820 e. The standard InChI is InChI=1S/C10H18N2/c1-8(2)12-9(3)6-10-4-5-11-7-10/h4-5,7-9,11-12H,6H2,1-3H3.